The molecule has 0 fully saturated rings. The number of nitrogens with two attached hydrogens (primary N) is 1. The molecule has 2 aromatic carbocycles. The molecule has 3 rings (SSSR count). The molecule has 0 unspecified atom stereocenters. The van der Waals surface area contributed by atoms with E-state index >= 15 is 0 Å². The van der Waals surface area contributed by atoms with E-state index in [-0.39, 0.29) is 0 Å². The zero-order valence-corrected chi connectivity index (χ0v) is 13.3. The minimum Gasteiger partial charge on any atom is -0.325 e. The summed E-state index contributed by atoms with van der Waals surface area (Å²) in [6, 6.07) is 13.8. The smallest absolute Gasteiger partial charge is 0.105 e. The Morgan fingerprint density at radius 3 is 2.41 bits per heavy atom. The van der Waals surface area contributed by atoms with Crippen molar-refractivity contribution in [1.82, 2.24) is 15.0 Å². The van der Waals surface area contributed by atoms with E-state index in [0.29, 0.717) is 11.6 Å². The Morgan fingerprint density at radius 1 is 1.05 bits per heavy atom. The summed E-state index contributed by atoms with van der Waals surface area (Å²) >= 11 is 5.98. The summed E-state index contributed by atoms with van der Waals surface area (Å²) in [7, 11) is 0. The van der Waals surface area contributed by atoms with Crippen LogP contribution in [0.2, 0.25) is 5.02 Å². The third-order valence-corrected chi connectivity index (χ3v) is 4.04. The van der Waals surface area contributed by atoms with Crippen LogP contribution < -0.4 is 5.73 Å². The summed E-state index contributed by atoms with van der Waals surface area (Å²) in [5.41, 5.74) is 11.9. The van der Waals surface area contributed by atoms with Gasteiger partial charge in [-0.3, -0.25) is 0 Å². The number of halogens is 1. The highest BCUT2D eigenvalue weighted by Gasteiger charge is 2.15. The van der Waals surface area contributed by atoms with Crippen molar-refractivity contribution in [2.45, 2.75) is 20.4 Å². The molecule has 22 heavy (non-hydrogen) atoms. The molecule has 0 amide bonds. The molecular formula is C17H17ClN4. The molecule has 0 saturated heterocycles. The molecule has 1 heterocycles. The van der Waals surface area contributed by atoms with Crippen LogP contribution in [0.4, 0.5) is 0 Å². The molecule has 0 spiro atoms. The third kappa shape index (κ3) is 2.63. The van der Waals surface area contributed by atoms with Gasteiger partial charge in [0.05, 0.1) is 11.4 Å². The van der Waals surface area contributed by atoms with E-state index in [0.717, 1.165) is 22.6 Å². The maximum absolute atomic E-state index is 5.98. The lowest BCUT2D eigenvalue weighted by molar-refractivity contribution is 0.799. The predicted octanol–water partition coefficient (Wildman–Crippen LogP) is 3.66. The first kappa shape index (κ1) is 14.8. The Labute approximate surface area is 134 Å². The largest absolute Gasteiger partial charge is 0.325 e. The van der Waals surface area contributed by atoms with Crippen LogP contribution in [-0.4, -0.2) is 15.0 Å². The van der Waals surface area contributed by atoms with Gasteiger partial charge in [-0.1, -0.05) is 35.0 Å². The van der Waals surface area contributed by atoms with Crippen molar-refractivity contribution >= 4 is 11.6 Å². The van der Waals surface area contributed by atoms with E-state index in [4.69, 9.17) is 17.3 Å². The van der Waals surface area contributed by atoms with E-state index in [9.17, 15) is 0 Å². The molecule has 4 nitrogen and oxygen atoms in total. The van der Waals surface area contributed by atoms with Gasteiger partial charge in [-0.05, 0) is 49.2 Å². The Bertz CT molecular complexity index is 806. The second-order valence-electron chi connectivity index (χ2n) is 5.28. The molecular weight excluding hydrogens is 296 g/mol. The van der Waals surface area contributed by atoms with Gasteiger partial charge in [-0.2, -0.15) is 0 Å². The summed E-state index contributed by atoms with van der Waals surface area (Å²) in [6.07, 6.45) is 0. The van der Waals surface area contributed by atoms with E-state index in [2.05, 4.69) is 36.3 Å². The van der Waals surface area contributed by atoms with Crippen LogP contribution >= 0.6 is 11.6 Å². The summed E-state index contributed by atoms with van der Waals surface area (Å²) in [5.74, 6) is 0. The number of nitrogens with zero attached hydrogens (tertiary/aromatic N) is 3. The first-order chi connectivity index (χ1) is 10.6. The molecule has 3 aromatic rings. The molecule has 0 saturated carbocycles. The normalized spacial score (nSPS) is 10.9. The van der Waals surface area contributed by atoms with Gasteiger partial charge in [-0.25, -0.2) is 4.68 Å². The number of rotatable bonds is 3. The lowest BCUT2D eigenvalue weighted by Crippen LogP contribution is -2.03. The monoisotopic (exact) mass is 312 g/mol. The standard InChI is InChI=1S/C17H17ClN4/c1-11-3-8-15(9-12(11)2)22-17(16(10-19)20-21-22)13-4-6-14(18)7-5-13/h3-9H,10,19H2,1-2H3. The highest BCUT2D eigenvalue weighted by atomic mass is 35.5. The molecule has 0 bridgehead atoms. The van der Waals surface area contributed by atoms with Crippen molar-refractivity contribution in [1.29, 1.82) is 0 Å². The van der Waals surface area contributed by atoms with Gasteiger partial charge >= 0.3 is 0 Å². The zero-order valence-electron chi connectivity index (χ0n) is 12.5. The molecule has 1 aromatic heterocycles. The van der Waals surface area contributed by atoms with E-state index in [1.165, 1.54) is 11.1 Å². The fraction of sp³-hybridized carbons (Fsp3) is 0.176. The fourth-order valence-corrected chi connectivity index (χ4v) is 2.51. The van der Waals surface area contributed by atoms with E-state index in [1.54, 1.807) is 0 Å². The highest BCUT2D eigenvalue weighted by molar-refractivity contribution is 6.30. The second kappa shape index (κ2) is 5.91. The minimum absolute atomic E-state index is 0.336. The van der Waals surface area contributed by atoms with Crippen molar-refractivity contribution < 1.29 is 0 Å². The zero-order chi connectivity index (χ0) is 15.7. The van der Waals surface area contributed by atoms with Crippen molar-refractivity contribution in [2.24, 2.45) is 5.73 Å². The molecule has 0 atom stereocenters. The van der Waals surface area contributed by atoms with Gasteiger partial charge in [0.15, 0.2) is 0 Å². The van der Waals surface area contributed by atoms with Crippen molar-refractivity contribution in [3.8, 4) is 16.9 Å². The number of hydrogen-bond donors (Lipinski definition) is 1. The van der Waals surface area contributed by atoms with Gasteiger partial charge in [0.2, 0.25) is 0 Å². The predicted molar refractivity (Wildman–Crippen MR) is 89.2 cm³/mol. The van der Waals surface area contributed by atoms with Crippen LogP contribution in [0.3, 0.4) is 0 Å². The molecule has 5 heteroatoms. The van der Waals surface area contributed by atoms with Crippen LogP contribution in [0.1, 0.15) is 16.8 Å². The number of aromatic nitrogens is 3. The van der Waals surface area contributed by atoms with Crippen LogP contribution in [-0.2, 0) is 6.54 Å². The minimum atomic E-state index is 0.336. The Morgan fingerprint density at radius 2 is 1.77 bits per heavy atom. The Balaban J connectivity index is 2.18. The number of hydrogen-bond acceptors (Lipinski definition) is 3. The van der Waals surface area contributed by atoms with E-state index in [1.807, 2.05) is 35.0 Å². The Kier molecular flexibility index (Phi) is 3.96. The molecule has 0 aliphatic carbocycles. The molecule has 2 N–H and O–H groups in total. The average molecular weight is 313 g/mol. The number of benzene rings is 2. The van der Waals surface area contributed by atoms with Crippen LogP contribution in [0, 0.1) is 13.8 Å². The quantitative estimate of drug-likeness (QED) is 0.803. The van der Waals surface area contributed by atoms with Crippen LogP contribution in [0.5, 0.6) is 0 Å². The van der Waals surface area contributed by atoms with Crippen molar-refractivity contribution in [3.05, 3.63) is 64.3 Å². The second-order valence-corrected chi connectivity index (χ2v) is 5.71. The Hall–Kier alpha value is -2.17. The van der Waals surface area contributed by atoms with Gasteiger partial charge in [0.1, 0.15) is 5.69 Å². The van der Waals surface area contributed by atoms with Crippen molar-refractivity contribution in [2.75, 3.05) is 0 Å². The topological polar surface area (TPSA) is 56.7 Å². The lowest BCUT2D eigenvalue weighted by Gasteiger charge is -2.10. The summed E-state index contributed by atoms with van der Waals surface area (Å²) in [4.78, 5) is 0. The highest BCUT2D eigenvalue weighted by Crippen LogP contribution is 2.27. The molecule has 0 aliphatic rings. The van der Waals surface area contributed by atoms with Crippen molar-refractivity contribution in [3.63, 3.8) is 0 Å². The van der Waals surface area contributed by atoms with Gasteiger partial charge in [0.25, 0.3) is 0 Å². The molecule has 0 aliphatic heterocycles. The third-order valence-electron chi connectivity index (χ3n) is 3.79. The lowest BCUT2D eigenvalue weighted by atomic mass is 10.1. The molecule has 112 valence electrons. The maximum Gasteiger partial charge on any atom is 0.105 e. The van der Waals surface area contributed by atoms with Crippen LogP contribution in [0.15, 0.2) is 42.5 Å². The fourth-order valence-electron chi connectivity index (χ4n) is 2.39. The SMILES string of the molecule is Cc1ccc(-n2nnc(CN)c2-c2ccc(Cl)cc2)cc1C. The van der Waals surface area contributed by atoms with E-state index < -0.39 is 0 Å². The number of aryl methyl sites for hydroxylation is 2. The van der Waals surface area contributed by atoms with Gasteiger partial charge in [0, 0.05) is 17.1 Å². The maximum atomic E-state index is 5.98. The van der Waals surface area contributed by atoms with Gasteiger partial charge in [-0.15, -0.1) is 5.10 Å². The van der Waals surface area contributed by atoms with Crippen LogP contribution in [0.25, 0.3) is 16.9 Å². The van der Waals surface area contributed by atoms with Gasteiger partial charge < -0.3 is 5.73 Å². The summed E-state index contributed by atoms with van der Waals surface area (Å²) in [5, 5.41) is 9.19. The summed E-state index contributed by atoms with van der Waals surface area (Å²) in [6.45, 7) is 4.51. The first-order valence-electron chi connectivity index (χ1n) is 7.08. The summed E-state index contributed by atoms with van der Waals surface area (Å²) < 4.78 is 1.83. The molecule has 0 radical (unpaired) electrons. The first-order valence-corrected chi connectivity index (χ1v) is 7.46. The average Bonchev–Trinajstić information content (AvgIpc) is 2.95.